The Hall–Kier alpha value is -2.97. The van der Waals surface area contributed by atoms with Crippen molar-refractivity contribution in [3.05, 3.63) is 91.0 Å². The van der Waals surface area contributed by atoms with Crippen molar-refractivity contribution >= 4 is 35.1 Å². The number of hydrogen-bond acceptors (Lipinski definition) is 3. The van der Waals surface area contributed by atoms with E-state index in [0.717, 1.165) is 22.8 Å². The number of hydrogen-bond donors (Lipinski definition) is 1. The van der Waals surface area contributed by atoms with Crippen molar-refractivity contribution < 1.29 is 21.2 Å². The standard InChI is InChI=1S/C21H19O2P.C2H4O2/c22-21(23)16-17-24(18-10-4-1-5-11-18,19-12-6-2-7-13-19)20-14-8-3-9-15-20;1-2(3)4/h1-15H,16-17H2;1H3,(H,3,4)/i16D;. The quantitative estimate of drug-likeness (QED) is 0.650. The van der Waals surface area contributed by atoms with Crippen LogP contribution in [0.4, 0.5) is 0 Å². The maximum absolute atomic E-state index is 11.5. The van der Waals surface area contributed by atoms with Gasteiger partial charge in [-0.05, 0) is 43.3 Å². The molecule has 144 valence electrons. The second kappa shape index (κ2) is 10.4. The van der Waals surface area contributed by atoms with E-state index in [4.69, 9.17) is 11.3 Å². The van der Waals surface area contributed by atoms with Crippen LogP contribution in [0, 0.1) is 0 Å². The van der Waals surface area contributed by atoms with E-state index in [-0.39, 0.29) is 6.16 Å². The van der Waals surface area contributed by atoms with Crippen LogP contribution in [0.5, 0.6) is 0 Å². The number of carboxylic acid groups (broad SMARTS) is 2. The molecule has 0 aliphatic rings. The Bertz CT molecular complexity index is 817. The molecule has 4 nitrogen and oxygen atoms in total. The van der Waals surface area contributed by atoms with Gasteiger partial charge < -0.3 is 15.0 Å². The highest BCUT2D eigenvalue weighted by molar-refractivity contribution is 7.95. The third-order valence-corrected chi connectivity index (χ3v) is 8.40. The summed E-state index contributed by atoms with van der Waals surface area (Å²) in [6.07, 6.45) is -0.894. The molecule has 0 aromatic heterocycles. The molecule has 0 saturated carbocycles. The molecule has 3 aromatic rings. The van der Waals surface area contributed by atoms with Crippen LogP contribution in [0.15, 0.2) is 91.0 Å². The van der Waals surface area contributed by atoms with Crippen molar-refractivity contribution in [1.82, 2.24) is 0 Å². The van der Waals surface area contributed by atoms with E-state index in [0.29, 0.717) is 0 Å². The van der Waals surface area contributed by atoms with Gasteiger partial charge in [-0.2, -0.15) is 0 Å². The van der Waals surface area contributed by atoms with Crippen LogP contribution in [0.2, 0.25) is 0 Å². The van der Waals surface area contributed by atoms with Gasteiger partial charge in [0, 0.05) is 7.34 Å². The highest BCUT2D eigenvalue weighted by Crippen LogP contribution is 2.55. The monoisotopic (exact) mass is 395 g/mol. The van der Waals surface area contributed by atoms with Gasteiger partial charge in [0.2, 0.25) is 0 Å². The van der Waals surface area contributed by atoms with E-state index in [1.165, 1.54) is 0 Å². The minimum atomic E-state index is -2.23. The van der Waals surface area contributed by atoms with E-state index in [9.17, 15) is 9.90 Å². The summed E-state index contributed by atoms with van der Waals surface area (Å²) in [6.45, 7) is 0.972. The van der Waals surface area contributed by atoms with Crippen molar-refractivity contribution in [3.63, 3.8) is 0 Å². The third kappa shape index (κ3) is 5.51. The molecule has 0 bridgehead atoms. The molecule has 1 N–H and O–H groups in total. The van der Waals surface area contributed by atoms with Gasteiger partial charge in [0.05, 0.1) is 12.6 Å². The van der Waals surface area contributed by atoms with Crippen molar-refractivity contribution in [2.45, 2.75) is 13.3 Å². The van der Waals surface area contributed by atoms with E-state index < -0.39 is 25.6 Å². The third-order valence-electron chi connectivity index (χ3n) is 4.13. The molecule has 1 atom stereocenters. The average molecular weight is 395 g/mol. The smallest absolute Gasteiger partial charge is 0.307 e. The molecule has 28 heavy (non-hydrogen) atoms. The number of carboxylic acids is 2. The minimum Gasteiger partial charge on any atom is -0.550 e. The van der Waals surface area contributed by atoms with Crippen LogP contribution in [-0.4, -0.2) is 23.2 Å². The van der Waals surface area contributed by atoms with E-state index in [2.05, 4.69) is 36.4 Å². The van der Waals surface area contributed by atoms with Crippen LogP contribution in [0.3, 0.4) is 0 Å². The first-order valence-corrected chi connectivity index (χ1v) is 10.7. The molecular weight excluding hydrogens is 371 g/mol. The fourth-order valence-electron chi connectivity index (χ4n) is 3.03. The summed E-state index contributed by atoms with van der Waals surface area (Å²) >= 11 is 0. The number of carbonyl (C=O) groups excluding carboxylic acids is 1. The summed E-state index contributed by atoms with van der Waals surface area (Å²) in [6, 6.07) is 30.1. The highest BCUT2D eigenvalue weighted by Gasteiger charge is 2.45. The average Bonchev–Trinajstić information content (AvgIpc) is 2.73. The second-order valence-electron chi connectivity index (χ2n) is 6.03. The first-order valence-electron chi connectivity index (χ1n) is 9.33. The van der Waals surface area contributed by atoms with Gasteiger partial charge in [-0.25, -0.2) is 0 Å². The fraction of sp³-hybridized carbons (Fsp3) is 0.130. The first kappa shape index (κ1) is 19.8. The summed E-state index contributed by atoms with van der Waals surface area (Å²) in [5.74, 6) is -2.16. The number of rotatable bonds is 6. The lowest BCUT2D eigenvalue weighted by Crippen LogP contribution is -2.34. The summed E-state index contributed by atoms with van der Waals surface area (Å²) in [4.78, 5) is 20.4. The summed E-state index contributed by atoms with van der Waals surface area (Å²) in [5, 5.41) is 21.6. The molecule has 0 heterocycles. The van der Waals surface area contributed by atoms with Crippen molar-refractivity contribution in [2.24, 2.45) is 0 Å². The molecule has 0 saturated heterocycles. The van der Waals surface area contributed by atoms with Crippen LogP contribution in [-0.2, 0) is 9.59 Å². The number of benzene rings is 3. The van der Waals surface area contributed by atoms with Crippen LogP contribution in [0.25, 0.3) is 0 Å². The zero-order valence-corrected chi connectivity index (χ0v) is 16.5. The van der Waals surface area contributed by atoms with E-state index >= 15 is 0 Å². The second-order valence-corrected chi connectivity index (χ2v) is 9.57. The Labute approximate surface area is 167 Å². The van der Waals surface area contributed by atoms with Gasteiger partial charge >= 0.3 is 5.97 Å². The van der Waals surface area contributed by atoms with Crippen molar-refractivity contribution in [3.8, 4) is 0 Å². The predicted molar refractivity (Wildman–Crippen MR) is 113 cm³/mol. The molecule has 5 heteroatoms. The van der Waals surface area contributed by atoms with Gasteiger partial charge in [-0.1, -0.05) is 54.6 Å². The highest BCUT2D eigenvalue weighted by atomic mass is 31.2. The van der Waals surface area contributed by atoms with Gasteiger partial charge in [0.15, 0.2) is 0 Å². The van der Waals surface area contributed by atoms with Crippen molar-refractivity contribution in [1.29, 1.82) is 0 Å². The summed E-state index contributed by atoms with van der Waals surface area (Å²) < 4.78 is 8.16. The van der Waals surface area contributed by atoms with Gasteiger partial charge in [-0.3, -0.25) is 4.79 Å². The summed E-state index contributed by atoms with van der Waals surface area (Å²) in [7, 11) is -2.23. The molecule has 0 spiro atoms. The molecule has 3 aromatic carbocycles. The SMILES string of the molecule is CC(=O)[O-].[2H]C(C[P+](c1ccccc1)(c1ccccc1)c1ccccc1)C(=O)O. The maximum atomic E-state index is 11.5. The molecule has 0 aliphatic carbocycles. The van der Waals surface area contributed by atoms with Crippen LogP contribution < -0.4 is 21.0 Å². The Balaban J connectivity index is 0.000000687. The zero-order valence-electron chi connectivity index (χ0n) is 16.6. The Morgan fingerprint density at radius 2 is 1.11 bits per heavy atom. The Morgan fingerprint density at radius 3 is 1.36 bits per heavy atom. The summed E-state index contributed by atoms with van der Waals surface area (Å²) in [5.41, 5.74) is 0. The maximum Gasteiger partial charge on any atom is 0.307 e. The normalized spacial score (nSPS) is 12.1. The molecule has 0 radical (unpaired) electrons. The van der Waals surface area contributed by atoms with E-state index in [1.807, 2.05) is 54.6 Å². The fourth-order valence-corrected chi connectivity index (χ4v) is 7.03. The molecule has 0 aliphatic heterocycles. The van der Waals surface area contributed by atoms with Crippen LogP contribution >= 0.6 is 7.26 Å². The zero-order chi connectivity index (χ0) is 21.3. The molecule has 3 rings (SSSR count). The van der Waals surface area contributed by atoms with Gasteiger partial charge in [0.1, 0.15) is 23.2 Å². The largest absolute Gasteiger partial charge is 0.550 e. The lowest BCUT2D eigenvalue weighted by Gasteiger charge is -2.27. The van der Waals surface area contributed by atoms with Crippen LogP contribution in [0.1, 0.15) is 14.7 Å². The molecule has 1 unspecified atom stereocenters. The van der Waals surface area contributed by atoms with Crippen molar-refractivity contribution in [2.75, 3.05) is 6.16 Å². The molecule has 0 fully saturated rings. The predicted octanol–water partition coefficient (Wildman–Crippen LogP) is 2.21. The van der Waals surface area contributed by atoms with Gasteiger partial charge in [-0.15, -0.1) is 0 Å². The first-order chi connectivity index (χ1) is 13.9. The Morgan fingerprint density at radius 1 is 0.821 bits per heavy atom. The van der Waals surface area contributed by atoms with E-state index in [1.54, 1.807) is 0 Å². The minimum absolute atomic E-state index is 0.278. The number of carbonyl (C=O) groups is 2. The number of aliphatic carboxylic acids is 2. The topological polar surface area (TPSA) is 77.4 Å². The Kier molecular flexibility index (Phi) is 7.34. The molecular formula is C23H23O4P. The molecule has 0 amide bonds. The van der Waals surface area contributed by atoms with Gasteiger partial charge in [0.25, 0.3) is 0 Å². The lowest BCUT2D eigenvalue weighted by molar-refractivity contribution is -0.302. The lowest BCUT2D eigenvalue weighted by atomic mass is 10.4.